The van der Waals surface area contributed by atoms with Crippen molar-refractivity contribution in [1.82, 2.24) is 4.57 Å². The fourth-order valence-electron chi connectivity index (χ4n) is 4.27. The summed E-state index contributed by atoms with van der Waals surface area (Å²) in [5, 5.41) is 15.4. The van der Waals surface area contributed by atoms with Gasteiger partial charge in [-0.05, 0) is 55.7 Å². The van der Waals surface area contributed by atoms with Crippen LogP contribution in [0.3, 0.4) is 0 Å². The van der Waals surface area contributed by atoms with E-state index in [2.05, 4.69) is 5.32 Å². The van der Waals surface area contributed by atoms with Gasteiger partial charge in [0.1, 0.15) is 0 Å². The Bertz CT molecular complexity index is 1160. The minimum Gasteiger partial charge on any atom is -0.388 e. The minimum absolute atomic E-state index is 0.165. The molecule has 4 rings (SSSR count). The number of carbonyl (C=O) groups is 1. The molecule has 0 bridgehead atoms. The number of anilines is 1. The molecule has 1 heterocycles. The number of nitrogens with one attached hydrogen (secondary N) is 1. The van der Waals surface area contributed by atoms with Crippen molar-refractivity contribution < 1.29 is 9.90 Å². The molecule has 2 N–H and O–H groups in total. The predicted octanol–water partition coefficient (Wildman–Crippen LogP) is 4.91. The van der Waals surface area contributed by atoms with Gasteiger partial charge < -0.3 is 15.0 Å². The fraction of sp³-hybridized carbons (Fsp3) is 0.333. The van der Waals surface area contributed by atoms with Crippen molar-refractivity contribution in [3.05, 3.63) is 75.2 Å². The van der Waals surface area contributed by atoms with Crippen LogP contribution in [-0.2, 0) is 6.54 Å². The van der Waals surface area contributed by atoms with Crippen LogP contribution in [0.1, 0.15) is 48.0 Å². The molecule has 1 fully saturated rings. The van der Waals surface area contributed by atoms with Crippen molar-refractivity contribution in [3.8, 4) is 0 Å². The number of pyridine rings is 1. The SMILES string of the molecule is Cc1ccc(Cl)cc1C(=O)Nc1cccc2c(=O)n(CC3(O)CCCCC3)ccc12. The molecule has 2 aromatic carbocycles. The molecule has 156 valence electrons. The lowest BCUT2D eigenvalue weighted by Crippen LogP contribution is -2.39. The Morgan fingerprint density at radius 3 is 2.67 bits per heavy atom. The Kier molecular flexibility index (Phi) is 5.67. The van der Waals surface area contributed by atoms with Crippen LogP contribution >= 0.6 is 11.6 Å². The smallest absolute Gasteiger partial charge is 0.258 e. The lowest BCUT2D eigenvalue weighted by molar-refractivity contribution is -0.0121. The molecular weight excluding hydrogens is 400 g/mol. The zero-order chi connectivity index (χ0) is 21.3. The molecular formula is C24H25ClN2O3. The summed E-state index contributed by atoms with van der Waals surface area (Å²) in [6.07, 6.45) is 6.23. The number of aromatic nitrogens is 1. The van der Waals surface area contributed by atoms with Gasteiger partial charge in [0, 0.05) is 33.2 Å². The zero-order valence-corrected chi connectivity index (χ0v) is 17.7. The first-order valence-corrected chi connectivity index (χ1v) is 10.7. The van der Waals surface area contributed by atoms with Crippen molar-refractivity contribution in [3.63, 3.8) is 0 Å². The minimum atomic E-state index is -0.828. The number of aryl methyl sites for hydroxylation is 1. The van der Waals surface area contributed by atoms with Crippen LogP contribution in [0.4, 0.5) is 5.69 Å². The van der Waals surface area contributed by atoms with E-state index in [1.54, 1.807) is 47.2 Å². The second kappa shape index (κ2) is 8.25. The topological polar surface area (TPSA) is 71.3 Å². The van der Waals surface area contributed by atoms with Crippen molar-refractivity contribution in [2.24, 2.45) is 0 Å². The third-order valence-electron chi connectivity index (χ3n) is 5.96. The van der Waals surface area contributed by atoms with Crippen LogP contribution in [0, 0.1) is 6.92 Å². The molecule has 1 aliphatic rings. The van der Waals surface area contributed by atoms with E-state index in [0.29, 0.717) is 46.4 Å². The van der Waals surface area contributed by atoms with E-state index in [-0.39, 0.29) is 11.5 Å². The van der Waals surface area contributed by atoms with Crippen LogP contribution in [0.5, 0.6) is 0 Å². The molecule has 1 aliphatic carbocycles. The van der Waals surface area contributed by atoms with Gasteiger partial charge in [0.15, 0.2) is 0 Å². The number of amides is 1. The zero-order valence-electron chi connectivity index (χ0n) is 17.0. The van der Waals surface area contributed by atoms with Gasteiger partial charge >= 0.3 is 0 Å². The highest BCUT2D eigenvalue weighted by Gasteiger charge is 2.30. The lowest BCUT2D eigenvalue weighted by atomic mass is 9.85. The maximum absolute atomic E-state index is 13.1. The van der Waals surface area contributed by atoms with Gasteiger partial charge in [-0.25, -0.2) is 0 Å². The molecule has 0 spiro atoms. The normalized spacial score (nSPS) is 15.8. The standard InChI is InChI=1S/C24H25ClN2O3/c1-16-8-9-17(25)14-20(16)22(28)26-21-7-5-6-19-18(21)10-13-27(23(19)29)15-24(30)11-3-2-4-12-24/h5-10,13-14,30H,2-4,11-12,15H2,1H3,(H,26,28). The van der Waals surface area contributed by atoms with Crippen molar-refractivity contribution in [1.29, 1.82) is 0 Å². The fourth-order valence-corrected chi connectivity index (χ4v) is 4.44. The number of hydrogen-bond acceptors (Lipinski definition) is 3. The molecule has 0 radical (unpaired) electrons. The van der Waals surface area contributed by atoms with E-state index in [4.69, 9.17) is 11.6 Å². The van der Waals surface area contributed by atoms with Crippen molar-refractivity contribution in [2.75, 3.05) is 5.32 Å². The van der Waals surface area contributed by atoms with Crippen LogP contribution in [0.2, 0.25) is 5.02 Å². The van der Waals surface area contributed by atoms with Gasteiger partial charge in [-0.3, -0.25) is 9.59 Å². The number of rotatable bonds is 4. The first-order chi connectivity index (χ1) is 14.4. The number of benzene rings is 2. The first-order valence-electron chi connectivity index (χ1n) is 10.3. The van der Waals surface area contributed by atoms with Gasteiger partial charge in [0.25, 0.3) is 11.5 Å². The number of halogens is 1. The summed E-state index contributed by atoms with van der Waals surface area (Å²) in [4.78, 5) is 25.9. The third kappa shape index (κ3) is 4.13. The third-order valence-corrected chi connectivity index (χ3v) is 6.20. The van der Waals surface area contributed by atoms with Gasteiger partial charge in [0.05, 0.1) is 12.1 Å². The first kappa shape index (κ1) is 20.6. The van der Waals surface area contributed by atoms with Gasteiger partial charge in [-0.15, -0.1) is 0 Å². The second-order valence-corrected chi connectivity index (χ2v) is 8.65. The summed E-state index contributed by atoms with van der Waals surface area (Å²) in [6.45, 7) is 2.14. The van der Waals surface area contributed by atoms with Crippen LogP contribution in [0.15, 0.2) is 53.5 Å². The highest BCUT2D eigenvalue weighted by atomic mass is 35.5. The van der Waals surface area contributed by atoms with E-state index < -0.39 is 5.60 Å². The van der Waals surface area contributed by atoms with Gasteiger partial charge in [0.2, 0.25) is 0 Å². The summed E-state index contributed by atoms with van der Waals surface area (Å²) in [5.74, 6) is -0.275. The molecule has 5 nitrogen and oxygen atoms in total. The highest BCUT2D eigenvalue weighted by molar-refractivity contribution is 6.31. The lowest BCUT2D eigenvalue weighted by Gasteiger charge is -2.32. The summed E-state index contributed by atoms with van der Waals surface area (Å²) in [6, 6.07) is 12.3. The molecule has 1 amide bonds. The molecule has 0 unspecified atom stereocenters. The van der Waals surface area contributed by atoms with Crippen LogP contribution < -0.4 is 10.9 Å². The van der Waals surface area contributed by atoms with E-state index in [1.165, 1.54) is 0 Å². The molecule has 0 saturated heterocycles. The van der Waals surface area contributed by atoms with E-state index in [0.717, 1.165) is 24.8 Å². The highest BCUT2D eigenvalue weighted by Crippen LogP contribution is 2.30. The average molecular weight is 425 g/mol. The maximum atomic E-state index is 13.1. The van der Waals surface area contributed by atoms with Crippen LogP contribution in [-0.4, -0.2) is 21.2 Å². The molecule has 3 aromatic rings. The monoisotopic (exact) mass is 424 g/mol. The summed E-state index contributed by atoms with van der Waals surface area (Å²) >= 11 is 6.04. The summed E-state index contributed by atoms with van der Waals surface area (Å²) < 4.78 is 1.58. The largest absolute Gasteiger partial charge is 0.388 e. The molecule has 0 aliphatic heterocycles. The van der Waals surface area contributed by atoms with E-state index in [1.807, 2.05) is 13.0 Å². The second-order valence-electron chi connectivity index (χ2n) is 8.21. The Morgan fingerprint density at radius 1 is 1.13 bits per heavy atom. The molecule has 6 heteroatoms. The quantitative estimate of drug-likeness (QED) is 0.625. The number of carbonyl (C=O) groups excluding carboxylic acids is 1. The van der Waals surface area contributed by atoms with E-state index in [9.17, 15) is 14.7 Å². The number of nitrogens with zero attached hydrogens (tertiary/aromatic N) is 1. The van der Waals surface area contributed by atoms with Crippen LogP contribution in [0.25, 0.3) is 10.8 Å². The molecule has 1 aromatic heterocycles. The maximum Gasteiger partial charge on any atom is 0.258 e. The molecule has 1 saturated carbocycles. The number of fused-ring (bicyclic) bond motifs is 1. The Balaban J connectivity index is 1.66. The molecule has 30 heavy (non-hydrogen) atoms. The number of aliphatic hydroxyl groups is 1. The summed E-state index contributed by atoms with van der Waals surface area (Å²) in [7, 11) is 0. The summed E-state index contributed by atoms with van der Waals surface area (Å²) in [5.41, 5.74) is 0.887. The van der Waals surface area contributed by atoms with E-state index >= 15 is 0 Å². The van der Waals surface area contributed by atoms with Crippen molar-refractivity contribution in [2.45, 2.75) is 51.2 Å². The Hall–Kier alpha value is -2.63. The van der Waals surface area contributed by atoms with Gasteiger partial charge in [-0.2, -0.15) is 0 Å². The van der Waals surface area contributed by atoms with Crippen molar-refractivity contribution >= 4 is 34.0 Å². The van der Waals surface area contributed by atoms with Gasteiger partial charge in [-0.1, -0.05) is 43.0 Å². The molecule has 0 atom stereocenters. The Labute approximate surface area is 180 Å². The predicted molar refractivity (Wildman–Crippen MR) is 120 cm³/mol. The average Bonchev–Trinajstić information content (AvgIpc) is 2.72. The Morgan fingerprint density at radius 2 is 1.90 bits per heavy atom. The number of hydrogen-bond donors (Lipinski definition) is 2.